The zero-order chi connectivity index (χ0) is 7.28. The van der Waals surface area contributed by atoms with E-state index in [2.05, 4.69) is 11.3 Å². The van der Waals surface area contributed by atoms with E-state index in [4.69, 9.17) is 10.4 Å². The monoisotopic (exact) mass is 167 g/mol. The molecule has 0 aliphatic heterocycles. The fraction of sp³-hybridized carbons (Fsp3) is 0.200. The number of aliphatic hydroxyl groups is 1. The quantitative estimate of drug-likeness (QED) is 0.202. The van der Waals surface area contributed by atoms with Gasteiger partial charge in [0.15, 0.2) is 0 Å². The van der Waals surface area contributed by atoms with Crippen LogP contribution >= 0.6 is 0 Å². The normalized spacial score (nSPS) is 6.80. The Morgan fingerprint density at radius 3 is 2.70 bits per heavy atom. The van der Waals surface area contributed by atoms with Crippen LogP contribution in [0.25, 0.3) is 0 Å². The van der Waals surface area contributed by atoms with E-state index < -0.39 is 12.6 Å². The average molecular weight is 167 g/mol. The van der Waals surface area contributed by atoms with Gasteiger partial charge in [0.05, 0.1) is 12.2 Å². The molecule has 50 valence electrons. The van der Waals surface area contributed by atoms with Crippen LogP contribution in [0.4, 0.5) is 0 Å². The molecule has 0 saturated carbocycles. The fourth-order valence-electron chi connectivity index (χ4n) is 0.178. The first-order chi connectivity index (χ1) is 4.22. The SMILES string of the molecule is C=C(CO)C(=O)OC#N.[H-].[K+]. The van der Waals surface area contributed by atoms with Gasteiger partial charge in [0.25, 0.3) is 6.26 Å². The topological polar surface area (TPSA) is 70.3 Å². The van der Waals surface area contributed by atoms with Crippen LogP contribution < -0.4 is 51.4 Å². The first kappa shape index (κ1) is 12.9. The van der Waals surface area contributed by atoms with Crippen molar-refractivity contribution in [2.24, 2.45) is 0 Å². The molecule has 0 radical (unpaired) electrons. The van der Waals surface area contributed by atoms with Crippen molar-refractivity contribution in [3.05, 3.63) is 12.2 Å². The van der Waals surface area contributed by atoms with Gasteiger partial charge in [0, 0.05) is 0 Å². The number of carbonyl (C=O) groups excluding carboxylic acids is 1. The Kier molecular flexibility index (Phi) is 9.57. The van der Waals surface area contributed by atoms with Crippen LogP contribution in [0.15, 0.2) is 12.2 Å². The molecule has 0 aliphatic carbocycles. The van der Waals surface area contributed by atoms with Crippen molar-refractivity contribution < 1.29 is 67.4 Å². The van der Waals surface area contributed by atoms with Crippen molar-refractivity contribution in [2.75, 3.05) is 6.61 Å². The number of esters is 1. The van der Waals surface area contributed by atoms with E-state index in [9.17, 15) is 4.79 Å². The van der Waals surface area contributed by atoms with E-state index in [1.807, 2.05) is 0 Å². The number of nitrogens with zero attached hydrogens (tertiary/aromatic N) is 1. The maximum atomic E-state index is 10.3. The molecular weight excluding hydrogens is 161 g/mol. The van der Waals surface area contributed by atoms with Gasteiger partial charge in [0.2, 0.25) is 0 Å². The summed E-state index contributed by atoms with van der Waals surface area (Å²) in [7, 11) is 0. The average Bonchev–Trinajstić information content (AvgIpc) is 1.87. The molecule has 0 rings (SSSR count). The van der Waals surface area contributed by atoms with Crippen molar-refractivity contribution >= 4 is 5.97 Å². The van der Waals surface area contributed by atoms with Gasteiger partial charge in [-0.15, -0.1) is 5.26 Å². The standard InChI is InChI=1S/C5H5NO3.K.H/c1-4(2-7)5(8)9-3-6;;/h7H,1-2H2;;/q;+1;-1. The molecule has 4 nitrogen and oxygen atoms in total. The van der Waals surface area contributed by atoms with E-state index in [1.165, 1.54) is 0 Å². The van der Waals surface area contributed by atoms with E-state index in [1.54, 1.807) is 0 Å². The van der Waals surface area contributed by atoms with Gasteiger partial charge in [-0.25, -0.2) is 4.79 Å². The number of nitriles is 1. The zero-order valence-corrected chi connectivity index (χ0v) is 8.75. The summed E-state index contributed by atoms with van der Waals surface area (Å²) in [5, 5.41) is 16.0. The van der Waals surface area contributed by atoms with Gasteiger partial charge in [0.1, 0.15) is 0 Å². The van der Waals surface area contributed by atoms with Gasteiger partial charge < -0.3 is 11.3 Å². The number of aliphatic hydroxyl groups excluding tert-OH is 1. The van der Waals surface area contributed by atoms with E-state index in [0.717, 1.165) is 6.26 Å². The van der Waals surface area contributed by atoms with Crippen LogP contribution in [0, 0.1) is 11.5 Å². The molecule has 0 aromatic carbocycles. The van der Waals surface area contributed by atoms with Crippen molar-refractivity contribution in [2.45, 2.75) is 0 Å². The molecule has 0 spiro atoms. The molecule has 0 saturated heterocycles. The van der Waals surface area contributed by atoms with Gasteiger partial charge >= 0.3 is 57.4 Å². The molecular formula is C5H6KNO3. The minimum atomic E-state index is -0.889. The van der Waals surface area contributed by atoms with Crippen molar-refractivity contribution in [3.63, 3.8) is 0 Å². The maximum absolute atomic E-state index is 10.3. The molecule has 0 heterocycles. The molecule has 0 amide bonds. The third-order valence-electron chi connectivity index (χ3n) is 0.618. The van der Waals surface area contributed by atoms with Crippen molar-refractivity contribution in [1.82, 2.24) is 0 Å². The maximum Gasteiger partial charge on any atom is 1.00 e. The van der Waals surface area contributed by atoms with E-state index >= 15 is 0 Å². The first-order valence-corrected chi connectivity index (χ1v) is 2.11. The number of hydrogen-bond acceptors (Lipinski definition) is 4. The second-order valence-corrected chi connectivity index (χ2v) is 1.24. The molecule has 0 unspecified atom stereocenters. The first-order valence-electron chi connectivity index (χ1n) is 2.11. The largest absolute Gasteiger partial charge is 1.00 e. The summed E-state index contributed by atoms with van der Waals surface area (Å²) in [5.74, 6) is -0.889. The zero-order valence-electron chi connectivity index (χ0n) is 6.63. The molecule has 0 bridgehead atoms. The van der Waals surface area contributed by atoms with Gasteiger partial charge in [-0.05, 0) is 0 Å². The van der Waals surface area contributed by atoms with Crippen LogP contribution in [0.2, 0.25) is 0 Å². The molecule has 1 N–H and O–H groups in total. The summed E-state index contributed by atoms with van der Waals surface area (Å²) in [6, 6.07) is 0. The second-order valence-electron chi connectivity index (χ2n) is 1.24. The molecule has 10 heavy (non-hydrogen) atoms. The number of carbonyl (C=O) groups is 1. The van der Waals surface area contributed by atoms with E-state index in [0.29, 0.717) is 0 Å². The summed E-state index contributed by atoms with van der Waals surface area (Å²) in [6.07, 6.45) is 1.16. The molecule has 0 aromatic heterocycles. The Hall–Kier alpha value is 0.296. The Morgan fingerprint density at radius 2 is 2.40 bits per heavy atom. The summed E-state index contributed by atoms with van der Waals surface area (Å²) in [6.45, 7) is 2.63. The van der Waals surface area contributed by atoms with Gasteiger partial charge in [-0.2, -0.15) is 0 Å². The van der Waals surface area contributed by atoms with Gasteiger partial charge in [-0.3, -0.25) is 0 Å². The number of ether oxygens (including phenoxy) is 1. The predicted octanol–water partition coefficient (Wildman–Crippen LogP) is -3.32. The summed E-state index contributed by atoms with van der Waals surface area (Å²) in [4.78, 5) is 10.3. The molecule has 0 aliphatic rings. The second kappa shape index (κ2) is 7.40. The summed E-state index contributed by atoms with van der Waals surface area (Å²) >= 11 is 0. The smallest absolute Gasteiger partial charge is 1.00 e. The minimum Gasteiger partial charge on any atom is -1.00 e. The Morgan fingerprint density at radius 1 is 1.90 bits per heavy atom. The molecule has 0 fully saturated rings. The Bertz CT molecular complexity index is 177. The van der Waals surface area contributed by atoms with Crippen molar-refractivity contribution in [3.8, 4) is 6.26 Å². The van der Waals surface area contributed by atoms with Crippen LogP contribution in [0.3, 0.4) is 0 Å². The third-order valence-corrected chi connectivity index (χ3v) is 0.618. The summed E-state index contributed by atoms with van der Waals surface area (Å²) in [5.41, 5.74) is -0.128. The minimum absolute atomic E-state index is 0. The summed E-state index contributed by atoms with van der Waals surface area (Å²) < 4.78 is 3.80. The van der Waals surface area contributed by atoms with Gasteiger partial charge in [-0.1, -0.05) is 6.58 Å². The Balaban J connectivity index is -0.000000320. The molecule has 0 atom stereocenters. The Labute approximate surface area is 102 Å². The third kappa shape index (κ3) is 5.11. The number of hydrogen-bond donors (Lipinski definition) is 1. The van der Waals surface area contributed by atoms with Crippen LogP contribution in [-0.4, -0.2) is 17.7 Å². The van der Waals surface area contributed by atoms with Crippen molar-refractivity contribution in [1.29, 1.82) is 5.26 Å². The van der Waals surface area contributed by atoms with Crippen LogP contribution in [-0.2, 0) is 9.53 Å². The molecule has 5 heteroatoms. The predicted molar refractivity (Wildman–Crippen MR) is 29.0 cm³/mol. The fourth-order valence-corrected chi connectivity index (χ4v) is 0.178. The molecule has 0 aromatic rings. The van der Waals surface area contributed by atoms with Crippen LogP contribution in [0.1, 0.15) is 1.43 Å². The van der Waals surface area contributed by atoms with Crippen LogP contribution in [0.5, 0.6) is 0 Å². The van der Waals surface area contributed by atoms with E-state index in [-0.39, 0.29) is 58.4 Å². The number of rotatable bonds is 2.